The third kappa shape index (κ3) is 2.83. The van der Waals surface area contributed by atoms with Crippen molar-refractivity contribution in [2.24, 2.45) is 0 Å². The topological polar surface area (TPSA) is 82.9 Å². The predicted octanol–water partition coefficient (Wildman–Crippen LogP) is 3.71. The van der Waals surface area contributed by atoms with Crippen LogP contribution in [0.2, 0.25) is 0 Å². The van der Waals surface area contributed by atoms with Crippen LogP contribution < -0.4 is 5.73 Å². The number of phenolic OH excluding ortho intramolecular Hbond substituents is 1. The highest BCUT2D eigenvalue weighted by atomic mass is 19.1. The lowest BCUT2D eigenvalue weighted by molar-refractivity contribution is 0.475. The number of benzene rings is 2. The minimum atomic E-state index is -0.395. The van der Waals surface area contributed by atoms with Crippen molar-refractivity contribution in [2.75, 3.05) is 5.73 Å². The lowest BCUT2D eigenvalue weighted by Gasteiger charge is -2.10. The molecule has 112 valence electrons. The average Bonchev–Trinajstić information content (AvgIpc) is 2.55. The van der Waals surface area contributed by atoms with E-state index in [1.54, 1.807) is 30.3 Å². The first kappa shape index (κ1) is 14.5. The van der Waals surface area contributed by atoms with Crippen molar-refractivity contribution in [1.29, 1.82) is 5.26 Å². The molecule has 0 spiro atoms. The summed E-state index contributed by atoms with van der Waals surface area (Å²) < 4.78 is 13.5. The number of anilines is 1. The molecule has 0 aliphatic carbocycles. The van der Waals surface area contributed by atoms with Gasteiger partial charge in [-0.2, -0.15) is 5.26 Å². The van der Waals surface area contributed by atoms with Crippen molar-refractivity contribution in [3.05, 3.63) is 66.0 Å². The number of halogens is 1. The zero-order chi connectivity index (χ0) is 16.4. The van der Waals surface area contributed by atoms with Crippen LogP contribution in [0.3, 0.4) is 0 Å². The van der Waals surface area contributed by atoms with Crippen molar-refractivity contribution >= 4 is 5.82 Å². The summed E-state index contributed by atoms with van der Waals surface area (Å²) in [6.07, 6.45) is 0. The molecule has 23 heavy (non-hydrogen) atoms. The zero-order valence-corrected chi connectivity index (χ0v) is 12.0. The van der Waals surface area contributed by atoms with E-state index >= 15 is 0 Å². The molecule has 0 aliphatic heterocycles. The standard InChI is InChI=1S/C18H12FN3O/c19-13-3-1-2-12(8-13)15-9-17(22-18(21)16(15)10-20)11-4-6-14(23)7-5-11/h1-9,23H,(H2,21,22). The fraction of sp³-hybridized carbons (Fsp3) is 0. The monoisotopic (exact) mass is 305 g/mol. The number of nitrogens with zero attached hydrogens (tertiary/aromatic N) is 2. The lowest BCUT2D eigenvalue weighted by Crippen LogP contribution is -1.99. The molecule has 3 aromatic rings. The average molecular weight is 305 g/mol. The number of aromatic hydroxyl groups is 1. The molecule has 1 aromatic heterocycles. The second kappa shape index (κ2) is 5.78. The zero-order valence-electron chi connectivity index (χ0n) is 12.0. The van der Waals surface area contributed by atoms with Gasteiger partial charge in [0.15, 0.2) is 0 Å². The number of hydrogen-bond acceptors (Lipinski definition) is 4. The molecular formula is C18H12FN3O. The largest absolute Gasteiger partial charge is 0.508 e. The van der Waals surface area contributed by atoms with Crippen molar-refractivity contribution in [3.8, 4) is 34.2 Å². The van der Waals surface area contributed by atoms with E-state index in [1.807, 2.05) is 6.07 Å². The molecule has 4 nitrogen and oxygen atoms in total. The number of phenols is 1. The van der Waals surface area contributed by atoms with Crippen molar-refractivity contribution in [2.45, 2.75) is 0 Å². The van der Waals surface area contributed by atoms with Crippen LogP contribution in [0.5, 0.6) is 5.75 Å². The minimum Gasteiger partial charge on any atom is -0.508 e. The summed E-state index contributed by atoms with van der Waals surface area (Å²) in [6, 6.07) is 16.1. The first-order valence-corrected chi connectivity index (χ1v) is 6.84. The van der Waals surface area contributed by atoms with Gasteiger partial charge < -0.3 is 10.8 Å². The van der Waals surface area contributed by atoms with Gasteiger partial charge in [-0.1, -0.05) is 12.1 Å². The summed E-state index contributed by atoms with van der Waals surface area (Å²) in [4.78, 5) is 4.23. The van der Waals surface area contributed by atoms with Gasteiger partial charge in [0.25, 0.3) is 0 Å². The van der Waals surface area contributed by atoms with Gasteiger partial charge in [-0.15, -0.1) is 0 Å². The molecule has 3 rings (SSSR count). The van der Waals surface area contributed by atoms with E-state index in [0.29, 0.717) is 16.8 Å². The molecule has 0 fully saturated rings. The van der Waals surface area contributed by atoms with Crippen LogP contribution in [-0.2, 0) is 0 Å². The number of nitriles is 1. The van der Waals surface area contributed by atoms with Gasteiger partial charge in [-0.25, -0.2) is 9.37 Å². The molecule has 0 amide bonds. The Kier molecular flexibility index (Phi) is 3.65. The lowest BCUT2D eigenvalue weighted by atomic mass is 9.98. The van der Waals surface area contributed by atoms with E-state index in [4.69, 9.17) is 5.73 Å². The second-order valence-corrected chi connectivity index (χ2v) is 4.98. The molecule has 2 aromatic carbocycles. The predicted molar refractivity (Wildman–Crippen MR) is 85.9 cm³/mol. The molecule has 0 saturated carbocycles. The summed E-state index contributed by atoms with van der Waals surface area (Å²) in [5, 5.41) is 18.7. The molecular weight excluding hydrogens is 293 g/mol. The van der Waals surface area contributed by atoms with E-state index in [-0.39, 0.29) is 17.1 Å². The van der Waals surface area contributed by atoms with Gasteiger partial charge in [0, 0.05) is 11.1 Å². The van der Waals surface area contributed by atoms with Gasteiger partial charge in [-0.05, 0) is 48.0 Å². The Morgan fingerprint density at radius 2 is 1.78 bits per heavy atom. The maximum atomic E-state index is 13.5. The van der Waals surface area contributed by atoms with E-state index in [1.165, 1.54) is 24.3 Å². The molecule has 3 N–H and O–H groups in total. The van der Waals surface area contributed by atoms with Gasteiger partial charge in [-0.3, -0.25) is 0 Å². The van der Waals surface area contributed by atoms with Crippen LogP contribution in [-0.4, -0.2) is 10.1 Å². The first-order valence-electron chi connectivity index (χ1n) is 6.84. The van der Waals surface area contributed by atoms with Crippen molar-refractivity contribution < 1.29 is 9.50 Å². The van der Waals surface area contributed by atoms with Crippen LogP contribution in [0.1, 0.15) is 5.56 Å². The summed E-state index contributed by atoms with van der Waals surface area (Å²) in [5.74, 6) is -0.175. The number of rotatable bonds is 2. The van der Waals surface area contributed by atoms with Crippen molar-refractivity contribution in [3.63, 3.8) is 0 Å². The van der Waals surface area contributed by atoms with Gasteiger partial charge >= 0.3 is 0 Å². The van der Waals surface area contributed by atoms with Crippen molar-refractivity contribution in [1.82, 2.24) is 4.98 Å². The third-order valence-electron chi connectivity index (χ3n) is 3.46. The van der Waals surface area contributed by atoms with Gasteiger partial charge in [0.05, 0.1) is 5.69 Å². The fourth-order valence-corrected chi connectivity index (χ4v) is 2.35. The molecule has 0 unspecified atom stereocenters. The number of aromatic nitrogens is 1. The quantitative estimate of drug-likeness (QED) is 0.756. The smallest absolute Gasteiger partial charge is 0.142 e. The first-order chi connectivity index (χ1) is 11.1. The summed E-state index contributed by atoms with van der Waals surface area (Å²) in [5.41, 5.74) is 8.45. The Morgan fingerprint density at radius 1 is 1.04 bits per heavy atom. The number of nitrogen functional groups attached to an aromatic ring is 1. The third-order valence-corrected chi connectivity index (χ3v) is 3.46. The highest BCUT2D eigenvalue weighted by Crippen LogP contribution is 2.31. The Morgan fingerprint density at radius 3 is 2.43 bits per heavy atom. The van der Waals surface area contributed by atoms with E-state index < -0.39 is 5.82 Å². The Labute approximate surface area is 132 Å². The molecule has 0 radical (unpaired) electrons. The highest BCUT2D eigenvalue weighted by Gasteiger charge is 2.13. The maximum Gasteiger partial charge on any atom is 0.142 e. The number of pyridine rings is 1. The fourth-order valence-electron chi connectivity index (χ4n) is 2.35. The molecule has 0 atom stereocenters. The SMILES string of the molecule is N#Cc1c(-c2cccc(F)c2)cc(-c2ccc(O)cc2)nc1N. The Balaban J connectivity index is 2.22. The highest BCUT2D eigenvalue weighted by molar-refractivity contribution is 5.80. The molecule has 0 saturated heterocycles. The Hall–Kier alpha value is -3.39. The molecule has 1 heterocycles. The maximum absolute atomic E-state index is 13.5. The van der Waals surface area contributed by atoms with Gasteiger partial charge in [0.1, 0.15) is 29.0 Å². The molecule has 5 heteroatoms. The Bertz CT molecular complexity index is 915. The van der Waals surface area contributed by atoms with E-state index in [9.17, 15) is 14.8 Å². The summed E-state index contributed by atoms with van der Waals surface area (Å²) in [7, 11) is 0. The van der Waals surface area contributed by atoms with Crippen LogP contribution >= 0.6 is 0 Å². The second-order valence-electron chi connectivity index (χ2n) is 4.98. The molecule has 0 aliphatic rings. The van der Waals surface area contributed by atoms with E-state index in [0.717, 1.165) is 5.56 Å². The van der Waals surface area contributed by atoms with Crippen LogP contribution in [0, 0.1) is 17.1 Å². The summed E-state index contributed by atoms with van der Waals surface area (Å²) in [6.45, 7) is 0. The van der Waals surface area contributed by atoms with Crippen LogP contribution in [0.25, 0.3) is 22.4 Å². The van der Waals surface area contributed by atoms with Gasteiger partial charge in [0.2, 0.25) is 0 Å². The van der Waals surface area contributed by atoms with E-state index in [2.05, 4.69) is 4.98 Å². The van der Waals surface area contributed by atoms with Crippen LogP contribution in [0.4, 0.5) is 10.2 Å². The number of hydrogen-bond donors (Lipinski definition) is 2. The number of nitrogens with two attached hydrogens (primary N) is 1. The normalized spacial score (nSPS) is 10.3. The summed E-state index contributed by atoms with van der Waals surface area (Å²) >= 11 is 0. The minimum absolute atomic E-state index is 0.0809. The van der Waals surface area contributed by atoms with Crippen LogP contribution in [0.15, 0.2) is 54.6 Å². The molecule has 0 bridgehead atoms.